The van der Waals surface area contributed by atoms with E-state index in [0.717, 1.165) is 24.0 Å². The van der Waals surface area contributed by atoms with Gasteiger partial charge in [-0.25, -0.2) is 0 Å². The van der Waals surface area contributed by atoms with Gasteiger partial charge in [0.25, 0.3) is 5.91 Å². The number of amides is 1. The fraction of sp³-hybridized carbons (Fsp3) is 0.308. The van der Waals surface area contributed by atoms with Gasteiger partial charge in [-0.1, -0.05) is 0 Å². The first-order valence-electron chi connectivity index (χ1n) is 11.9. The largest absolute Gasteiger partial charge is 0.497 e. The zero-order valence-electron chi connectivity index (χ0n) is 20.4. The molecule has 2 aromatic heterocycles. The fourth-order valence-corrected chi connectivity index (χ4v) is 4.66. The third-order valence-corrected chi connectivity index (χ3v) is 6.61. The summed E-state index contributed by atoms with van der Waals surface area (Å²) in [5, 5.41) is 15.7. The van der Waals surface area contributed by atoms with Crippen molar-refractivity contribution in [3.63, 3.8) is 0 Å². The molecule has 2 aliphatic heterocycles. The molecule has 1 fully saturated rings. The molecule has 11 heteroatoms. The Morgan fingerprint density at radius 2 is 1.95 bits per heavy atom. The molecular weight excluding hydrogens is 478 g/mol. The highest BCUT2D eigenvalue weighted by atomic mass is 16.7. The van der Waals surface area contributed by atoms with Crippen LogP contribution in [0.4, 0.5) is 0 Å². The van der Waals surface area contributed by atoms with Crippen molar-refractivity contribution in [3.05, 3.63) is 54.0 Å². The fourth-order valence-electron chi connectivity index (χ4n) is 4.66. The average molecular weight is 504 g/mol. The Hall–Kier alpha value is -4.54. The van der Waals surface area contributed by atoms with E-state index in [2.05, 4.69) is 20.4 Å². The summed E-state index contributed by atoms with van der Waals surface area (Å²) in [6.45, 7) is 1.30. The molecule has 6 rings (SSSR count). The van der Waals surface area contributed by atoms with Crippen LogP contribution in [-0.4, -0.2) is 65.3 Å². The highest BCUT2D eigenvalue weighted by molar-refractivity contribution is 5.93. The number of benzene rings is 2. The number of aromatic amines is 1. The van der Waals surface area contributed by atoms with Crippen molar-refractivity contribution >= 4 is 5.91 Å². The second-order valence-electron chi connectivity index (χ2n) is 8.84. The number of hydrogen-bond acceptors (Lipinski definition) is 9. The Labute approximate surface area is 212 Å². The number of nitrogens with one attached hydrogen (secondary N) is 1. The van der Waals surface area contributed by atoms with Crippen LogP contribution in [0.3, 0.4) is 0 Å². The molecule has 4 aromatic rings. The van der Waals surface area contributed by atoms with Crippen LogP contribution in [-0.2, 0) is 0 Å². The predicted octanol–water partition coefficient (Wildman–Crippen LogP) is 3.89. The second kappa shape index (κ2) is 9.49. The van der Waals surface area contributed by atoms with Gasteiger partial charge < -0.3 is 28.3 Å². The quantitative estimate of drug-likeness (QED) is 0.417. The number of likely N-dealkylation sites (tertiary alicyclic amines) is 1. The van der Waals surface area contributed by atoms with E-state index in [4.69, 9.17) is 23.4 Å². The number of nitrogens with zero attached hydrogens (tertiary/aromatic N) is 4. The molecule has 1 atom stereocenters. The summed E-state index contributed by atoms with van der Waals surface area (Å²) in [5.74, 6) is 3.37. The molecule has 2 aromatic carbocycles. The van der Waals surface area contributed by atoms with Gasteiger partial charge in [0.15, 0.2) is 11.5 Å². The van der Waals surface area contributed by atoms with Gasteiger partial charge in [-0.05, 0) is 55.3 Å². The molecule has 0 radical (unpaired) electrons. The highest BCUT2D eigenvalue weighted by Gasteiger charge is 2.30. The van der Waals surface area contributed by atoms with Crippen LogP contribution in [0.1, 0.15) is 35.1 Å². The maximum absolute atomic E-state index is 13.3. The van der Waals surface area contributed by atoms with Crippen molar-refractivity contribution in [3.8, 4) is 45.7 Å². The van der Waals surface area contributed by atoms with Crippen molar-refractivity contribution in [2.75, 3.05) is 34.1 Å². The number of methoxy groups -OCH3 is 2. The zero-order valence-corrected chi connectivity index (χ0v) is 20.4. The normalized spacial score (nSPS) is 16.6. The minimum absolute atomic E-state index is 0.0613. The van der Waals surface area contributed by atoms with E-state index < -0.39 is 0 Å². The molecule has 1 amide bonds. The van der Waals surface area contributed by atoms with Crippen LogP contribution in [0, 0.1) is 0 Å². The standard InChI is InChI=1S/C26H25N5O6/c1-33-17-6-8-21(34-2)18(11-17)19-12-20(28-27-19)26(32)31-9-3-4-16(13-31)25-30-29-24(37-25)15-5-7-22-23(10-15)36-14-35-22/h5-8,10-12,16H,3-4,9,13-14H2,1-2H3,(H,27,28). The van der Waals surface area contributed by atoms with E-state index in [1.807, 2.05) is 36.4 Å². The molecule has 37 heavy (non-hydrogen) atoms. The van der Waals surface area contributed by atoms with Gasteiger partial charge >= 0.3 is 0 Å². The minimum atomic E-state index is -0.138. The number of hydrogen-bond donors (Lipinski definition) is 1. The number of H-pyrrole nitrogens is 1. The lowest BCUT2D eigenvalue weighted by Crippen LogP contribution is -2.39. The number of carbonyl (C=O) groups excluding carboxylic acids is 1. The summed E-state index contributed by atoms with van der Waals surface area (Å²) >= 11 is 0. The first kappa shape index (κ1) is 22.9. The topological polar surface area (TPSA) is 125 Å². The first-order valence-corrected chi connectivity index (χ1v) is 11.9. The van der Waals surface area contributed by atoms with E-state index in [-0.39, 0.29) is 18.6 Å². The first-order chi connectivity index (χ1) is 18.1. The van der Waals surface area contributed by atoms with E-state index in [0.29, 0.717) is 59.3 Å². The molecule has 4 heterocycles. The molecule has 1 saturated heterocycles. The summed E-state index contributed by atoms with van der Waals surface area (Å²) in [5.41, 5.74) is 2.48. The van der Waals surface area contributed by atoms with Crippen LogP contribution < -0.4 is 18.9 Å². The molecule has 0 bridgehead atoms. The third-order valence-electron chi connectivity index (χ3n) is 6.61. The Morgan fingerprint density at radius 1 is 1.05 bits per heavy atom. The van der Waals surface area contributed by atoms with Gasteiger partial charge in [0.2, 0.25) is 18.6 Å². The van der Waals surface area contributed by atoms with Crippen LogP contribution >= 0.6 is 0 Å². The number of ether oxygens (including phenoxy) is 4. The lowest BCUT2D eigenvalue weighted by Gasteiger charge is -2.30. The molecule has 0 aliphatic carbocycles. The maximum atomic E-state index is 13.3. The van der Waals surface area contributed by atoms with Crippen molar-refractivity contribution in [1.82, 2.24) is 25.3 Å². The zero-order chi connectivity index (χ0) is 25.4. The molecular formula is C26H25N5O6. The number of aromatic nitrogens is 4. The van der Waals surface area contributed by atoms with Gasteiger partial charge in [-0.3, -0.25) is 9.89 Å². The Bertz CT molecular complexity index is 1450. The van der Waals surface area contributed by atoms with Gasteiger partial charge in [0, 0.05) is 24.2 Å². The van der Waals surface area contributed by atoms with Crippen LogP contribution in [0.5, 0.6) is 23.0 Å². The Morgan fingerprint density at radius 3 is 2.81 bits per heavy atom. The van der Waals surface area contributed by atoms with Crippen molar-refractivity contribution in [1.29, 1.82) is 0 Å². The second-order valence-corrected chi connectivity index (χ2v) is 8.84. The Kier molecular flexibility index (Phi) is 5.87. The van der Waals surface area contributed by atoms with Crippen LogP contribution in [0.25, 0.3) is 22.7 Å². The monoisotopic (exact) mass is 503 g/mol. The van der Waals surface area contributed by atoms with E-state index in [9.17, 15) is 4.79 Å². The summed E-state index contributed by atoms with van der Waals surface area (Å²) < 4.78 is 27.6. The summed E-state index contributed by atoms with van der Waals surface area (Å²) in [6, 6.07) is 12.7. The molecule has 1 unspecified atom stereocenters. The summed E-state index contributed by atoms with van der Waals surface area (Å²) in [4.78, 5) is 15.1. The number of carbonyl (C=O) groups is 1. The smallest absolute Gasteiger partial charge is 0.271 e. The molecule has 0 spiro atoms. The number of rotatable bonds is 6. The van der Waals surface area contributed by atoms with Gasteiger partial charge in [0.05, 0.1) is 25.8 Å². The Balaban J connectivity index is 1.18. The molecule has 1 N–H and O–H groups in total. The minimum Gasteiger partial charge on any atom is -0.497 e. The summed E-state index contributed by atoms with van der Waals surface area (Å²) in [6.07, 6.45) is 1.67. The van der Waals surface area contributed by atoms with Crippen molar-refractivity contribution < 1.29 is 28.2 Å². The van der Waals surface area contributed by atoms with Gasteiger partial charge in [-0.15, -0.1) is 10.2 Å². The number of piperidine rings is 1. The lowest BCUT2D eigenvalue weighted by molar-refractivity contribution is 0.0692. The van der Waals surface area contributed by atoms with Crippen molar-refractivity contribution in [2.24, 2.45) is 0 Å². The van der Waals surface area contributed by atoms with Crippen LogP contribution in [0.2, 0.25) is 0 Å². The maximum Gasteiger partial charge on any atom is 0.271 e. The van der Waals surface area contributed by atoms with Gasteiger partial charge in [-0.2, -0.15) is 5.10 Å². The molecule has 0 saturated carbocycles. The average Bonchev–Trinajstić information content (AvgIpc) is 3.72. The van der Waals surface area contributed by atoms with Gasteiger partial charge in [0.1, 0.15) is 17.2 Å². The highest BCUT2D eigenvalue weighted by Crippen LogP contribution is 2.37. The molecule has 2 aliphatic rings. The van der Waals surface area contributed by atoms with E-state index in [1.165, 1.54) is 0 Å². The number of fused-ring (bicyclic) bond motifs is 1. The van der Waals surface area contributed by atoms with Crippen LogP contribution in [0.15, 0.2) is 46.9 Å². The third kappa shape index (κ3) is 4.32. The molecule has 11 nitrogen and oxygen atoms in total. The van der Waals surface area contributed by atoms with E-state index in [1.54, 1.807) is 25.2 Å². The lowest BCUT2D eigenvalue weighted by atomic mass is 9.97. The van der Waals surface area contributed by atoms with Crippen molar-refractivity contribution in [2.45, 2.75) is 18.8 Å². The predicted molar refractivity (Wildman–Crippen MR) is 131 cm³/mol. The summed E-state index contributed by atoms with van der Waals surface area (Å²) in [7, 11) is 3.19. The SMILES string of the molecule is COc1ccc(OC)c(-c2cc(C(=O)N3CCCC(c4nnc(-c5ccc6c(c5)OCO6)o4)C3)[nH]n2)c1. The van der Waals surface area contributed by atoms with E-state index >= 15 is 0 Å². The molecule has 190 valence electrons.